The average molecular weight is 419 g/mol. The molecule has 5 nitrogen and oxygen atoms in total. The van der Waals surface area contributed by atoms with Crippen molar-refractivity contribution in [1.29, 1.82) is 0 Å². The summed E-state index contributed by atoms with van der Waals surface area (Å²) in [6.45, 7) is 0. The zero-order chi connectivity index (χ0) is 22.2. The Balaban J connectivity index is 1.67. The van der Waals surface area contributed by atoms with E-state index in [0.29, 0.717) is 16.7 Å². The smallest absolute Gasteiger partial charge is 0.328 e. The van der Waals surface area contributed by atoms with E-state index in [9.17, 15) is 18.8 Å². The number of carbonyl (C=O) groups excluding carboxylic acids is 3. The zero-order valence-corrected chi connectivity index (χ0v) is 17.0. The van der Waals surface area contributed by atoms with E-state index in [1.165, 1.54) is 25.3 Å². The summed E-state index contributed by atoms with van der Waals surface area (Å²) in [5.74, 6) is -1.53. The lowest BCUT2D eigenvalue weighted by atomic mass is 9.99. The van der Waals surface area contributed by atoms with Crippen molar-refractivity contribution in [1.82, 2.24) is 5.32 Å². The maximum Gasteiger partial charge on any atom is 0.328 e. The van der Waals surface area contributed by atoms with Crippen molar-refractivity contribution < 1.29 is 23.5 Å². The second-order valence-corrected chi connectivity index (χ2v) is 7.05. The van der Waals surface area contributed by atoms with Crippen LogP contribution in [-0.4, -0.2) is 30.8 Å². The molecule has 0 fully saturated rings. The molecule has 0 heterocycles. The number of ketones is 1. The van der Waals surface area contributed by atoms with E-state index in [0.717, 1.165) is 5.56 Å². The molecule has 0 bridgehead atoms. The molecule has 6 heteroatoms. The second-order valence-electron chi connectivity index (χ2n) is 7.05. The first-order valence-corrected chi connectivity index (χ1v) is 9.76. The van der Waals surface area contributed by atoms with Gasteiger partial charge in [-0.2, -0.15) is 0 Å². The molecule has 0 aliphatic rings. The third-order valence-electron chi connectivity index (χ3n) is 4.77. The Bertz CT molecular complexity index is 1060. The Morgan fingerprint density at radius 1 is 0.871 bits per heavy atom. The van der Waals surface area contributed by atoms with Crippen molar-refractivity contribution in [3.63, 3.8) is 0 Å². The molecule has 0 aliphatic carbocycles. The van der Waals surface area contributed by atoms with Crippen LogP contribution in [0.3, 0.4) is 0 Å². The van der Waals surface area contributed by atoms with Crippen LogP contribution < -0.4 is 5.32 Å². The molecule has 0 spiro atoms. The summed E-state index contributed by atoms with van der Waals surface area (Å²) in [6.07, 6.45) is 0.136. The minimum absolute atomic E-state index is 0.0598. The number of halogens is 1. The number of esters is 1. The van der Waals surface area contributed by atoms with E-state index in [-0.39, 0.29) is 18.6 Å². The van der Waals surface area contributed by atoms with Gasteiger partial charge in [0.05, 0.1) is 13.5 Å². The summed E-state index contributed by atoms with van der Waals surface area (Å²) in [5.41, 5.74) is 2.38. The average Bonchev–Trinajstić information content (AvgIpc) is 2.78. The molecule has 31 heavy (non-hydrogen) atoms. The molecular weight excluding hydrogens is 397 g/mol. The topological polar surface area (TPSA) is 72.5 Å². The summed E-state index contributed by atoms with van der Waals surface area (Å²) >= 11 is 0. The van der Waals surface area contributed by atoms with Crippen LogP contribution >= 0.6 is 0 Å². The van der Waals surface area contributed by atoms with Crippen molar-refractivity contribution in [3.8, 4) is 0 Å². The Kier molecular flexibility index (Phi) is 7.27. The maximum atomic E-state index is 13.3. The van der Waals surface area contributed by atoms with Crippen molar-refractivity contribution in [2.24, 2.45) is 0 Å². The fourth-order valence-electron chi connectivity index (χ4n) is 3.20. The molecular formula is C25H22FNO4. The van der Waals surface area contributed by atoms with Crippen LogP contribution in [0, 0.1) is 5.82 Å². The van der Waals surface area contributed by atoms with E-state index in [2.05, 4.69) is 5.32 Å². The Morgan fingerprint density at radius 2 is 1.55 bits per heavy atom. The van der Waals surface area contributed by atoms with Gasteiger partial charge in [-0.15, -0.1) is 0 Å². The van der Waals surface area contributed by atoms with E-state index < -0.39 is 23.7 Å². The number of rotatable bonds is 8. The molecule has 3 rings (SSSR count). The number of hydrogen-bond acceptors (Lipinski definition) is 4. The molecule has 158 valence electrons. The van der Waals surface area contributed by atoms with Gasteiger partial charge in [0.1, 0.15) is 11.9 Å². The van der Waals surface area contributed by atoms with E-state index in [1.807, 2.05) is 6.07 Å². The molecule has 0 unspecified atom stereocenters. The fourth-order valence-corrected chi connectivity index (χ4v) is 3.20. The molecule has 1 atom stereocenters. The first kappa shape index (κ1) is 21.9. The van der Waals surface area contributed by atoms with Crippen LogP contribution in [0.5, 0.6) is 0 Å². The Morgan fingerprint density at radius 3 is 2.19 bits per heavy atom. The predicted molar refractivity (Wildman–Crippen MR) is 114 cm³/mol. The molecule has 0 saturated heterocycles. The normalized spacial score (nSPS) is 11.4. The number of amides is 1. The molecule has 3 aromatic rings. The highest BCUT2D eigenvalue weighted by Gasteiger charge is 2.22. The van der Waals surface area contributed by atoms with Gasteiger partial charge in [0.2, 0.25) is 5.91 Å². The molecule has 0 aromatic heterocycles. The van der Waals surface area contributed by atoms with Gasteiger partial charge >= 0.3 is 5.97 Å². The third-order valence-corrected chi connectivity index (χ3v) is 4.77. The standard InChI is InChI=1S/C25H22FNO4/c1-31-25(30)22(27-23(28)16-18-6-5-9-21(26)14-18)15-17-10-12-20(13-11-17)24(29)19-7-3-2-4-8-19/h2-14,22H,15-16H2,1H3,(H,27,28)/t22-/m0/s1. The highest BCUT2D eigenvalue weighted by atomic mass is 19.1. The summed E-state index contributed by atoms with van der Waals surface area (Å²) < 4.78 is 18.1. The van der Waals surface area contributed by atoms with E-state index in [1.54, 1.807) is 54.6 Å². The minimum atomic E-state index is -0.901. The highest BCUT2D eigenvalue weighted by Crippen LogP contribution is 2.13. The van der Waals surface area contributed by atoms with Gasteiger partial charge < -0.3 is 10.1 Å². The van der Waals surface area contributed by atoms with E-state index in [4.69, 9.17) is 4.74 Å². The van der Waals surface area contributed by atoms with Gasteiger partial charge in [-0.05, 0) is 23.3 Å². The molecule has 0 saturated carbocycles. The molecule has 1 N–H and O–H groups in total. The summed E-state index contributed by atoms with van der Waals surface area (Å²) in [7, 11) is 1.25. The SMILES string of the molecule is COC(=O)[C@H](Cc1ccc(C(=O)c2ccccc2)cc1)NC(=O)Cc1cccc(F)c1. The fraction of sp³-hybridized carbons (Fsp3) is 0.160. The first-order chi connectivity index (χ1) is 15.0. The van der Waals surface area contributed by atoms with Crippen LogP contribution in [0.4, 0.5) is 4.39 Å². The van der Waals surface area contributed by atoms with Crippen molar-refractivity contribution in [2.45, 2.75) is 18.9 Å². The number of carbonyl (C=O) groups is 3. The Labute approximate surface area is 179 Å². The van der Waals surface area contributed by atoms with Crippen molar-refractivity contribution >= 4 is 17.7 Å². The van der Waals surface area contributed by atoms with Crippen molar-refractivity contribution in [3.05, 3.63) is 107 Å². The zero-order valence-electron chi connectivity index (χ0n) is 17.0. The summed E-state index contributed by atoms with van der Waals surface area (Å²) in [4.78, 5) is 37.0. The summed E-state index contributed by atoms with van der Waals surface area (Å²) in [5, 5.41) is 2.64. The Hall–Kier alpha value is -3.80. The van der Waals surface area contributed by atoms with Crippen LogP contribution in [0.2, 0.25) is 0 Å². The predicted octanol–water partition coefficient (Wildman–Crippen LogP) is 3.50. The first-order valence-electron chi connectivity index (χ1n) is 9.76. The third kappa shape index (κ3) is 6.09. The number of nitrogens with one attached hydrogen (secondary N) is 1. The van der Waals surface area contributed by atoms with Gasteiger partial charge in [-0.1, -0.05) is 66.7 Å². The molecule has 3 aromatic carbocycles. The summed E-state index contributed by atoms with van der Waals surface area (Å²) in [6, 6.07) is 20.6. The molecule has 0 aliphatic heterocycles. The lowest BCUT2D eigenvalue weighted by Crippen LogP contribution is -2.43. The number of ether oxygens (including phenoxy) is 1. The number of hydrogen-bond donors (Lipinski definition) is 1. The van der Waals surface area contributed by atoms with Gasteiger partial charge in [0, 0.05) is 17.5 Å². The largest absolute Gasteiger partial charge is 0.467 e. The second kappa shape index (κ2) is 10.3. The van der Waals surface area contributed by atoms with E-state index >= 15 is 0 Å². The monoisotopic (exact) mass is 419 g/mol. The minimum Gasteiger partial charge on any atom is -0.467 e. The number of methoxy groups -OCH3 is 1. The van der Waals surface area contributed by atoms with Gasteiger partial charge in [0.25, 0.3) is 0 Å². The van der Waals surface area contributed by atoms with Gasteiger partial charge in [-0.25, -0.2) is 9.18 Å². The van der Waals surface area contributed by atoms with Crippen LogP contribution in [0.15, 0.2) is 78.9 Å². The highest BCUT2D eigenvalue weighted by molar-refractivity contribution is 6.08. The van der Waals surface area contributed by atoms with Crippen LogP contribution in [-0.2, 0) is 27.2 Å². The lowest BCUT2D eigenvalue weighted by Gasteiger charge is -2.17. The van der Waals surface area contributed by atoms with Gasteiger partial charge in [0.15, 0.2) is 5.78 Å². The van der Waals surface area contributed by atoms with Gasteiger partial charge in [-0.3, -0.25) is 9.59 Å². The molecule has 1 amide bonds. The lowest BCUT2D eigenvalue weighted by molar-refractivity contribution is -0.145. The quantitative estimate of drug-likeness (QED) is 0.448. The van der Waals surface area contributed by atoms with Crippen molar-refractivity contribution in [2.75, 3.05) is 7.11 Å². The van der Waals surface area contributed by atoms with Crippen LogP contribution in [0.1, 0.15) is 27.0 Å². The maximum absolute atomic E-state index is 13.3. The number of benzene rings is 3. The molecule has 0 radical (unpaired) electrons. The van der Waals surface area contributed by atoms with Crippen LogP contribution in [0.25, 0.3) is 0 Å².